The van der Waals surface area contributed by atoms with E-state index in [9.17, 15) is 0 Å². The van der Waals surface area contributed by atoms with Crippen LogP contribution in [0.1, 0.15) is 13.3 Å². The van der Waals surface area contributed by atoms with Crippen LogP contribution in [0.25, 0.3) is 0 Å². The van der Waals surface area contributed by atoms with Crippen LogP contribution in [-0.4, -0.2) is 6.54 Å². The molecule has 0 aliphatic rings. The quantitative estimate of drug-likeness (QED) is 0.333. The molecule has 5 heteroatoms. The third-order valence-electron chi connectivity index (χ3n) is 0.478. The Balaban J connectivity index is 3.07. The van der Waals surface area contributed by atoms with Gasteiger partial charge in [0.05, 0.1) is 6.54 Å². The Morgan fingerprint density at radius 3 is 2.62 bits per heavy atom. The number of hydrogen-bond donors (Lipinski definition) is 1. The Hall–Kier alpha value is -1.00. The molecule has 0 rings (SSSR count). The van der Waals surface area contributed by atoms with Crippen LogP contribution < -0.4 is 5.84 Å². The second kappa shape index (κ2) is 6.00. The monoisotopic (exact) mass is 115 g/mol. The molecule has 0 aliphatic heterocycles. The lowest BCUT2D eigenvalue weighted by molar-refractivity contribution is 0.798. The minimum Gasteiger partial charge on any atom is -0.303 e. The molecule has 0 unspecified atom stereocenters. The Labute approximate surface area is 47.6 Å². The van der Waals surface area contributed by atoms with E-state index in [4.69, 9.17) is 0 Å². The summed E-state index contributed by atoms with van der Waals surface area (Å²) >= 11 is 0. The second-order valence-electron chi connectivity index (χ2n) is 1.16. The van der Waals surface area contributed by atoms with Gasteiger partial charge in [-0.1, -0.05) is 12.1 Å². The van der Waals surface area contributed by atoms with Crippen molar-refractivity contribution in [3.63, 3.8) is 0 Å². The van der Waals surface area contributed by atoms with E-state index >= 15 is 0 Å². The summed E-state index contributed by atoms with van der Waals surface area (Å²) in [6, 6.07) is 0. The van der Waals surface area contributed by atoms with Crippen LogP contribution in [0.4, 0.5) is 0 Å². The lowest BCUT2D eigenvalue weighted by Gasteiger charge is -1.76. The van der Waals surface area contributed by atoms with Gasteiger partial charge in [-0.15, -0.1) is 0 Å². The maximum absolute atomic E-state index is 4.62. The largest absolute Gasteiger partial charge is 0.303 e. The van der Waals surface area contributed by atoms with Crippen LogP contribution in [0.3, 0.4) is 0 Å². The predicted octanol–water partition coefficient (Wildman–Crippen LogP) is 1.09. The molecule has 8 heavy (non-hydrogen) atoms. The maximum atomic E-state index is 4.62. The zero-order chi connectivity index (χ0) is 6.24. The van der Waals surface area contributed by atoms with Crippen LogP contribution in [-0.2, 0) is 0 Å². The van der Waals surface area contributed by atoms with E-state index in [1.165, 1.54) is 0 Å². The summed E-state index contributed by atoms with van der Waals surface area (Å²) in [4.78, 5) is 0. The second-order valence-corrected chi connectivity index (χ2v) is 1.16. The Morgan fingerprint density at radius 2 is 2.12 bits per heavy atom. The number of nitrogens with zero attached hydrogens (tertiary/aromatic N) is 4. The molecule has 5 nitrogen and oxygen atoms in total. The molecule has 0 aromatic carbocycles. The first-order valence-electron chi connectivity index (χ1n) is 2.38. The van der Waals surface area contributed by atoms with Gasteiger partial charge < -0.3 is 5.84 Å². The van der Waals surface area contributed by atoms with Gasteiger partial charge >= 0.3 is 0 Å². The predicted molar refractivity (Wildman–Crippen MR) is 29.1 cm³/mol. The first-order chi connectivity index (χ1) is 3.91. The van der Waals surface area contributed by atoms with Gasteiger partial charge in [-0.3, -0.25) is 0 Å². The van der Waals surface area contributed by atoms with Crippen molar-refractivity contribution in [1.82, 2.24) is 0 Å². The molecule has 2 N–H and O–H groups in total. The highest BCUT2D eigenvalue weighted by atomic mass is 15.5. The van der Waals surface area contributed by atoms with E-state index in [1.807, 2.05) is 6.92 Å². The standard InChI is InChI=1S/C3H9N5/c1-2-3-5-7-8-6-4/h2-3H2,1H3,(H2,4,5,8). The summed E-state index contributed by atoms with van der Waals surface area (Å²) < 4.78 is 0. The smallest absolute Gasteiger partial charge is 0.0619 e. The number of hydrogen-bond acceptors (Lipinski definition) is 2. The molecule has 0 heterocycles. The topological polar surface area (TPSA) is 75.5 Å². The van der Waals surface area contributed by atoms with Gasteiger partial charge in [-0.2, -0.15) is 5.11 Å². The van der Waals surface area contributed by atoms with Crippen molar-refractivity contribution in [1.29, 1.82) is 0 Å². The minimum absolute atomic E-state index is 0.680. The van der Waals surface area contributed by atoms with Gasteiger partial charge in [0.2, 0.25) is 0 Å². The molecule has 0 aromatic rings. The highest BCUT2D eigenvalue weighted by Gasteiger charge is 1.69. The van der Waals surface area contributed by atoms with Crippen molar-refractivity contribution >= 4 is 0 Å². The molecule has 0 aliphatic carbocycles. The summed E-state index contributed by atoms with van der Waals surface area (Å²) in [7, 11) is 0. The van der Waals surface area contributed by atoms with E-state index in [1.54, 1.807) is 0 Å². The van der Waals surface area contributed by atoms with Crippen LogP contribution >= 0.6 is 0 Å². The lowest BCUT2D eigenvalue weighted by atomic mass is 10.5. The normalized spacial score (nSPS) is 11.6. The Morgan fingerprint density at radius 1 is 1.38 bits per heavy atom. The van der Waals surface area contributed by atoms with Crippen LogP contribution in [0.5, 0.6) is 0 Å². The van der Waals surface area contributed by atoms with Gasteiger partial charge in [0.1, 0.15) is 0 Å². The third kappa shape index (κ3) is 5.00. The fourth-order valence-electron chi connectivity index (χ4n) is 0.196. The van der Waals surface area contributed by atoms with Crippen molar-refractivity contribution in [2.45, 2.75) is 13.3 Å². The highest BCUT2D eigenvalue weighted by molar-refractivity contribution is 4.28. The first-order valence-corrected chi connectivity index (χ1v) is 2.38. The van der Waals surface area contributed by atoms with Crippen molar-refractivity contribution < 1.29 is 0 Å². The minimum atomic E-state index is 0.680. The van der Waals surface area contributed by atoms with E-state index in [2.05, 4.69) is 26.6 Å². The molecule has 0 radical (unpaired) electrons. The Kier molecular flexibility index (Phi) is 5.25. The van der Waals surface area contributed by atoms with Crippen LogP contribution in [0, 0.1) is 0 Å². The molecule has 46 valence electrons. The summed E-state index contributed by atoms with van der Waals surface area (Å²) in [6.07, 6.45) is 0.962. The number of nitrogens with two attached hydrogens (primary N) is 1. The van der Waals surface area contributed by atoms with Crippen LogP contribution in [0.2, 0.25) is 0 Å². The molecular weight excluding hydrogens is 106 g/mol. The van der Waals surface area contributed by atoms with Crippen molar-refractivity contribution in [2.75, 3.05) is 6.54 Å². The van der Waals surface area contributed by atoms with Gasteiger partial charge in [0.15, 0.2) is 0 Å². The molecule has 0 fully saturated rings. The number of rotatable bonds is 3. The van der Waals surface area contributed by atoms with E-state index in [0.717, 1.165) is 6.42 Å². The van der Waals surface area contributed by atoms with Gasteiger partial charge in [0, 0.05) is 0 Å². The summed E-state index contributed by atoms with van der Waals surface area (Å²) in [5.74, 6) is 4.62. The molecule has 0 bridgehead atoms. The lowest BCUT2D eigenvalue weighted by Crippen LogP contribution is -1.73. The van der Waals surface area contributed by atoms with Crippen molar-refractivity contribution in [3.8, 4) is 0 Å². The molecule has 0 saturated heterocycles. The van der Waals surface area contributed by atoms with E-state index in [-0.39, 0.29) is 0 Å². The van der Waals surface area contributed by atoms with Crippen LogP contribution in [0.15, 0.2) is 20.8 Å². The summed E-state index contributed by atoms with van der Waals surface area (Å²) in [6.45, 7) is 2.68. The van der Waals surface area contributed by atoms with E-state index in [0.29, 0.717) is 6.54 Å². The zero-order valence-electron chi connectivity index (χ0n) is 4.78. The van der Waals surface area contributed by atoms with Gasteiger partial charge in [-0.05, 0) is 16.9 Å². The highest BCUT2D eigenvalue weighted by Crippen LogP contribution is 1.80. The molecule has 0 saturated carbocycles. The molecule has 0 atom stereocenters. The summed E-state index contributed by atoms with van der Waals surface area (Å²) in [5.41, 5.74) is 0. The first kappa shape index (κ1) is 7.00. The average Bonchev–Trinajstić information content (AvgIpc) is 1.81. The SMILES string of the molecule is CCCN=NN=NN. The molecule has 0 aromatic heterocycles. The Bertz CT molecular complexity index is 85.7. The fraction of sp³-hybridized carbons (Fsp3) is 1.00. The summed E-state index contributed by atoms with van der Waals surface area (Å²) in [5, 5.41) is 12.7. The molecular formula is C3H9N5. The zero-order valence-corrected chi connectivity index (χ0v) is 4.78. The van der Waals surface area contributed by atoms with Gasteiger partial charge in [0.25, 0.3) is 0 Å². The third-order valence-corrected chi connectivity index (χ3v) is 0.478. The maximum Gasteiger partial charge on any atom is 0.0619 e. The molecule has 0 spiro atoms. The van der Waals surface area contributed by atoms with Crippen molar-refractivity contribution in [2.24, 2.45) is 26.6 Å². The average molecular weight is 115 g/mol. The van der Waals surface area contributed by atoms with Crippen molar-refractivity contribution in [3.05, 3.63) is 0 Å². The fourth-order valence-corrected chi connectivity index (χ4v) is 0.196. The van der Waals surface area contributed by atoms with E-state index < -0.39 is 0 Å². The van der Waals surface area contributed by atoms with Gasteiger partial charge in [-0.25, -0.2) is 0 Å². The molecule has 0 amide bonds.